The van der Waals surface area contributed by atoms with Crippen molar-refractivity contribution < 1.29 is 58.0 Å². The van der Waals surface area contributed by atoms with E-state index in [1.54, 1.807) is 7.05 Å². The molecular weight excluding hydrogens is 715 g/mol. The number of amides is 2. The highest BCUT2D eigenvalue weighted by Gasteiger charge is 2.73. The van der Waals surface area contributed by atoms with Gasteiger partial charge in [0.25, 0.3) is 5.60 Å². The molecule has 16 heteroatoms. The van der Waals surface area contributed by atoms with Crippen LogP contribution in [0.3, 0.4) is 0 Å². The molecule has 5 rings (SSSR count). The van der Waals surface area contributed by atoms with E-state index >= 15 is 0 Å². The first-order valence-electron chi connectivity index (χ1n) is 15.9. The number of carbonyl (C=O) groups excluding carboxylic acids is 2. The second kappa shape index (κ2) is 14.6. The van der Waals surface area contributed by atoms with Gasteiger partial charge < -0.3 is 15.0 Å². The van der Waals surface area contributed by atoms with E-state index in [4.69, 9.17) is 0 Å². The van der Waals surface area contributed by atoms with Crippen LogP contribution in [0.25, 0.3) is 0 Å². The first-order chi connectivity index (χ1) is 23.9. The van der Waals surface area contributed by atoms with E-state index in [0.717, 1.165) is 30.3 Å². The van der Waals surface area contributed by atoms with Crippen LogP contribution >= 0.6 is 0 Å². The number of carbonyl (C=O) groups is 2. The average Bonchev–Trinajstić information content (AvgIpc) is 3.07. The average molecular weight is 749 g/mol. The molecule has 0 radical (unpaired) electrons. The van der Waals surface area contributed by atoms with Gasteiger partial charge in [-0.1, -0.05) is 30.3 Å². The Hall–Kier alpha value is -3.92. The normalized spacial score (nSPS) is 22.5. The third-order valence-corrected chi connectivity index (χ3v) is 11.7. The number of ether oxygens (including phenoxy) is 1. The van der Waals surface area contributed by atoms with E-state index in [9.17, 15) is 53.3 Å². The lowest BCUT2D eigenvalue weighted by molar-refractivity contribution is -0.392. The Labute approximate surface area is 289 Å². The zero-order valence-electron chi connectivity index (χ0n) is 27.1. The van der Waals surface area contributed by atoms with Gasteiger partial charge in [0.05, 0.1) is 22.2 Å². The van der Waals surface area contributed by atoms with Crippen LogP contribution in [0, 0.1) is 23.4 Å². The molecule has 2 unspecified atom stereocenters. The highest BCUT2D eigenvalue weighted by atomic mass is 32.2. The fourth-order valence-electron chi connectivity index (χ4n) is 6.67. The molecule has 1 heterocycles. The third-order valence-electron chi connectivity index (χ3n) is 9.66. The van der Waals surface area contributed by atoms with Gasteiger partial charge in [-0.2, -0.15) is 26.3 Å². The van der Waals surface area contributed by atoms with Gasteiger partial charge in [-0.15, -0.1) is 0 Å². The molecule has 276 valence electrons. The molecule has 1 saturated carbocycles. The minimum absolute atomic E-state index is 0.0379. The molecule has 0 spiro atoms. The van der Waals surface area contributed by atoms with Gasteiger partial charge in [0, 0.05) is 48.0 Å². The molecule has 2 atom stereocenters. The van der Waals surface area contributed by atoms with E-state index in [1.807, 2.05) is 0 Å². The van der Waals surface area contributed by atoms with Crippen molar-refractivity contribution >= 4 is 22.6 Å². The summed E-state index contributed by atoms with van der Waals surface area (Å²) >= 11 is 0. The molecule has 51 heavy (non-hydrogen) atoms. The van der Waals surface area contributed by atoms with Gasteiger partial charge in [0.15, 0.2) is 0 Å². The quantitative estimate of drug-likeness (QED) is 0.229. The fraction of sp³-hybridized carbons (Fsp3) is 0.429. The minimum Gasteiger partial charge on any atom is -0.353 e. The summed E-state index contributed by atoms with van der Waals surface area (Å²) in [5, 5.41) is 2.92. The molecule has 1 aliphatic heterocycles. The Morgan fingerprint density at radius 2 is 1.45 bits per heavy atom. The molecule has 0 aromatic heterocycles. The molecule has 3 aromatic rings. The van der Waals surface area contributed by atoms with Crippen molar-refractivity contribution in [3.05, 3.63) is 101 Å². The summed E-state index contributed by atoms with van der Waals surface area (Å²) in [5.74, 6) is -4.48. The van der Waals surface area contributed by atoms with E-state index in [2.05, 4.69) is 10.1 Å². The van der Waals surface area contributed by atoms with Crippen LogP contribution in [0.2, 0.25) is 0 Å². The monoisotopic (exact) mass is 748 g/mol. The zero-order valence-corrected chi connectivity index (χ0v) is 27.9. The Kier molecular flexibility index (Phi) is 11.0. The highest BCUT2D eigenvalue weighted by Crippen LogP contribution is 2.54. The van der Waals surface area contributed by atoms with Crippen LogP contribution in [0.5, 0.6) is 0 Å². The second-order valence-corrected chi connectivity index (χ2v) is 14.5. The topological polar surface area (TPSA) is 75.7 Å². The maximum absolute atomic E-state index is 14.5. The van der Waals surface area contributed by atoms with E-state index in [0.29, 0.717) is 37.2 Å². The SMILES string of the molecule is CN1CCC(C(=O)NC2CCC(c3ccc(C(OCc4c(F)cccc4F)(C(F)(F)F)C(F)(F)F)cc3)(S(=O)c3ccc(F)cc3)CC2)CC1=O. The molecule has 2 amide bonds. The molecule has 2 aliphatic rings. The van der Waals surface area contributed by atoms with Crippen LogP contribution in [0.1, 0.15) is 55.2 Å². The van der Waals surface area contributed by atoms with Gasteiger partial charge in [0.2, 0.25) is 11.8 Å². The number of benzene rings is 3. The molecule has 1 saturated heterocycles. The highest BCUT2D eigenvalue weighted by molar-refractivity contribution is 7.86. The largest absolute Gasteiger partial charge is 0.430 e. The lowest BCUT2D eigenvalue weighted by Gasteiger charge is -2.41. The summed E-state index contributed by atoms with van der Waals surface area (Å²) in [6.45, 7) is -1.30. The van der Waals surface area contributed by atoms with E-state index in [1.165, 1.54) is 17.0 Å². The maximum Gasteiger partial charge on any atom is 0.430 e. The van der Waals surface area contributed by atoms with Crippen LogP contribution in [0.4, 0.5) is 39.5 Å². The van der Waals surface area contributed by atoms with Crippen LogP contribution in [0.15, 0.2) is 71.6 Å². The van der Waals surface area contributed by atoms with E-state index in [-0.39, 0.29) is 54.4 Å². The van der Waals surface area contributed by atoms with Gasteiger partial charge in [-0.3, -0.25) is 13.8 Å². The van der Waals surface area contributed by atoms with Crippen LogP contribution in [-0.4, -0.2) is 52.9 Å². The van der Waals surface area contributed by atoms with Crippen molar-refractivity contribution in [3.8, 4) is 0 Å². The number of halogens is 9. The Morgan fingerprint density at radius 3 is 1.98 bits per heavy atom. The summed E-state index contributed by atoms with van der Waals surface area (Å²) in [6.07, 6.45) is -11.3. The summed E-state index contributed by atoms with van der Waals surface area (Å²) < 4.78 is 147. The van der Waals surface area contributed by atoms with Crippen LogP contribution < -0.4 is 5.32 Å². The summed E-state index contributed by atoms with van der Waals surface area (Å²) in [6, 6.07) is 9.44. The fourth-order valence-corrected chi connectivity index (χ4v) is 8.46. The molecule has 3 aromatic carbocycles. The number of nitrogens with zero attached hydrogens (tertiary/aromatic N) is 1. The lowest BCUT2D eigenvalue weighted by atomic mass is 9.79. The van der Waals surface area contributed by atoms with Crippen molar-refractivity contribution in [2.45, 2.75) is 78.8 Å². The molecule has 0 bridgehead atoms. The van der Waals surface area contributed by atoms with Gasteiger partial charge in [0.1, 0.15) is 17.5 Å². The molecule has 1 aliphatic carbocycles. The molecular formula is C35H33F9N2O4S. The van der Waals surface area contributed by atoms with Crippen molar-refractivity contribution in [2.24, 2.45) is 5.92 Å². The van der Waals surface area contributed by atoms with Crippen LogP contribution in [-0.2, 0) is 42.1 Å². The number of piperidine rings is 1. The number of likely N-dealkylation sites (tertiary alicyclic amines) is 1. The van der Waals surface area contributed by atoms with Crippen molar-refractivity contribution in [1.82, 2.24) is 10.2 Å². The number of alkyl halides is 6. The molecule has 6 nitrogen and oxygen atoms in total. The number of rotatable bonds is 9. The van der Waals surface area contributed by atoms with Gasteiger partial charge in [-0.05, 0) is 74.1 Å². The third kappa shape index (κ3) is 7.52. The zero-order chi connectivity index (χ0) is 37.4. The minimum atomic E-state index is -6.16. The Balaban J connectivity index is 1.47. The van der Waals surface area contributed by atoms with Crippen molar-refractivity contribution in [2.75, 3.05) is 13.6 Å². The predicted octanol–water partition coefficient (Wildman–Crippen LogP) is 7.57. The predicted molar refractivity (Wildman–Crippen MR) is 167 cm³/mol. The second-order valence-electron chi connectivity index (χ2n) is 12.7. The number of hydrogen-bond acceptors (Lipinski definition) is 4. The maximum atomic E-state index is 14.5. The standard InChI is InChI=1S/C35H33F9N2O4S/c1-46-18-15-21(19-30(46)47)31(48)45-25-13-16-32(17-14-25,51(49)26-11-9-24(36)10-12-26)22-5-7-23(8-6-22)33(34(39,40)41,35(42,43)44)50-20-27-28(37)3-2-4-29(27)38/h2-12,21,25H,13-20H2,1H3,(H,45,48). The first kappa shape index (κ1) is 38.3. The molecule has 1 N–H and O–H groups in total. The summed E-state index contributed by atoms with van der Waals surface area (Å²) in [4.78, 5) is 26.8. The Morgan fingerprint density at radius 1 is 0.882 bits per heavy atom. The number of hydrogen-bond donors (Lipinski definition) is 1. The van der Waals surface area contributed by atoms with Crippen molar-refractivity contribution in [1.29, 1.82) is 0 Å². The number of nitrogens with one attached hydrogen (secondary N) is 1. The molecule has 2 fully saturated rings. The lowest BCUT2D eigenvalue weighted by Crippen LogP contribution is -2.56. The van der Waals surface area contributed by atoms with Crippen molar-refractivity contribution in [3.63, 3.8) is 0 Å². The van der Waals surface area contributed by atoms with Gasteiger partial charge >= 0.3 is 12.4 Å². The Bertz CT molecular complexity index is 1720. The summed E-state index contributed by atoms with van der Waals surface area (Å²) in [7, 11) is -0.376. The first-order valence-corrected chi connectivity index (χ1v) is 17.1. The smallest absolute Gasteiger partial charge is 0.353 e. The van der Waals surface area contributed by atoms with Gasteiger partial charge in [-0.25, -0.2) is 13.2 Å². The van der Waals surface area contributed by atoms with E-state index < -0.39 is 80.6 Å². The summed E-state index contributed by atoms with van der Waals surface area (Å²) in [5.41, 5.74) is -7.46.